The zero-order valence-corrected chi connectivity index (χ0v) is 10.8. The molecule has 0 bridgehead atoms. The van der Waals surface area contributed by atoms with Crippen LogP contribution < -0.4 is 10.6 Å². The summed E-state index contributed by atoms with van der Waals surface area (Å²) in [5, 5.41) is 5.96. The molecule has 0 saturated carbocycles. The number of aryl methyl sites for hydroxylation is 1. The van der Waals surface area contributed by atoms with Gasteiger partial charge in [-0.2, -0.15) is 0 Å². The van der Waals surface area contributed by atoms with Crippen molar-refractivity contribution in [1.82, 2.24) is 20.6 Å². The molecule has 0 aliphatic heterocycles. The van der Waals surface area contributed by atoms with E-state index in [1.54, 1.807) is 12.4 Å². The van der Waals surface area contributed by atoms with Gasteiger partial charge < -0.3 is 10.6 Å². The fraction of sp³-hybridized carbons (Fsp3) is 0.583. The van der Waals surface area contributed by atoms with Crippen LogP contribution in [0.5, 0.6) is 0 Å². The molecule has 2 N–H and O–H groups in total. The van der Waals surface area contributed by atoms with Gasteiger partial charge in [0, 0.05) is 24.5 Å². The van der Waals surface area contributed by atoms with Crippen LogP contribution in [0.25, 0.3) is 0 Å². The summed E-state index contributed by atoms with van der Waals surface area (Å²) in [7, 11) is 0. The second-order valence-electron chi connectivity index (χ2n) is 4.35. The van der Waals surface area contributed by atoms with Gasteiger partial charge in [0.1, 0.15) is 0 Å². The molecule has 1 aromatic heterocycles. The van der Waals surface area contributed by atoms with Crippen molar-refractivity contribution in [3.05, 3.63) is 23.8 Å². The second-order valence-corrected chi connectivity index (χ2v) is 4.35. The normalized spacial score (nSPS) is 12.5. The maximum Gasteiger partial charge on any atom is 0.234 e. The lowest BCUT2D eigenvalue weighted by molar-refractivity contribution is -0.120. The fourth-order valence-corrected chi connectivity index (χ4v) is 1.56. The summed E-state index contributed by atoms with van der Waals surface area (Å²) in [4.78, 5) is 19.9. The monoisotopic (exact) mass is 236 g/mol. The van der Waals surface area contributed by atoms with Gasteiger partial charge in [-0.15, -0.1) is 0 Å². The van der Waals surface area contributed by atoms with E-state index in [0.29, 0.717) is 0 Å². The first-order chi connectivity index (χ1) is 8.00. The van der Waals surface area contributed by atoms with E-state index in [4.69, 9.17) is 0 Å². The van der Waals surface area contributed by atoms with Gasteiger partial charge in [-0.05, 0) is 27.7 Å². The van der Waals surface area contributed by atoms with E-state index in [0.717, 1.165) is 11.4 Å². The van der Waals surface area contributed by atoms with Crippen molar-refractivity contribution in [3.63, 3.8) is 0 Å². The summed E-state index contributed by atoms with van der Waals surface area (Å²) in [6.45, 7) is 8.05. The smallest absolute Gasteiger partial charge is 0.234 e. The number of carbonyl (C=O) groups is 1. The van der Waals surface area contributed by atoms with Crippen LogP contribution in [0.1, 0.15) is 38.2 Å². The zero-order chi connectivity index (χ0) is 12.8. The predicted octanol–water partition coefficient (Wildman–Crippen LogP) is 0.960. The Morgan fingerprint density at radius 1 is 1.29 bits per heavy atom. The standard InChI is InChI=1S/C12H20N4O/c1-8(2)16-11(17)7-15-10(4)12-9(3)13-5-6-14-12/h5-6,8,10,15H,7H2,1-4H3,(H,16,17). The highest BCUT2D eigenvalue weighted by Gasteiger charge is 2.11. The molecule has 0 aromatic carbocycles. The molecule has 0 radical (unpaired) electrons. The van der Waals surface area contributed by atoms with Crippen molar-refractivity contribution in [2.24, 2.45) is 0 Å². The molecule has 0 fully saturated rings. The summed E-state index contributed by atoms with van der Waals surface area (Å²) in [6, 6.07) is 0.180. The Labute approximate surface area is 102 Å². The molecule has 0 saturated heterocycles. The molecular weight excluding hydrogens is 216 g/mol. The average molecular weight is 236 g/mol. The third kappa shape index (κ3) is 4.48. The maximum atomic E-state index is 11.5. The molecule has 5 heteroatoms. The highest BCUT2D eigenvalue weighted by molar-refractivity contribution is 5.78. The Morgan fingerprint density at radius 2 is 1.94 bits per heavy atom. The fourth-order valence-electron chi connectivity index (χ4n) is 1.56. The molecule has 17 heavy (non-hydrogen) atoms. The number of amides is 1. The van der Waals surface area contributed by atoms with Crippen LogP contribution in [-0.2, 0) is 4.79 Å². The van der Waals surface area contributed by atoms with Crippen LogP contribution in [0.2, 0.25) is 0 Å². The van der Waals surface area contributed by atoms with Crippen molar-refractivity contribution in [2.75, 3.05) is 6.54 Å². The minimum atomic E-state index is -0.00612. The number of hydrogen-bond donors (Lipinski definition) is 2. The van der Waals surface area contributed by atoms with E-state index >= 15 is 0 Å². The predicted molar refractivity (Wildman–Crippen MR) is 66.5 cm³/mol. The Balaban J connectivity index is 2.48. The number of carbonyl (C=O) groups excluding carboxylic acids is 1. The topological polar surface area (TPSA) is 66.9 Å². The molecule has 0 aliphatic carbocycles. The Morgan fingerprint density at radius 3 is 2.53 bits per heavy atom. The Kier molecular flexibility index (Phi) is 5.03. The largest absolute Gasteiger partial charge is 0.353 e. The van der Waals surface area contributed by atoms with E-state index in [9.17, 15) is 4.79 Å². The maximum absolute atomic E-state index is 11.5. The van der Waals surface area contributed by atoms with Gasteiger partial charge in [-0.1, -0.05) is 0 Å². The van der Waals surface area contributed by atoms with Gasteiger partial charge in [0.25, 0.3) is 0 Å². The van der Waals surface area contributed by atoms with Crippen LogP contribution in [0.4, 0.5) is 0 Å². The molecule has 1 amide bonds. The first kappa shape index (κ1) is 13.6. The number of nitrogens with zero attached hydrogens (tertiary/aromatic N) is 2. The van der Waals surface area contributed by atoms with Crippen LogP contribution in [0.15, 0.2) is 12.4 Å². The molecule has 1 aromatic rings. The van der Waals surface area contributed by atoms with Crippen molar-refractivity contribution in [2.45, 2.75) is 39.8 Å². The molecule has 1 unspecified atom stereocenters. The molecule has 0 aliphatic rings. The highest BCUT2D eigenvalue weighted by atomic mass is 16.1. The first-order valence-electron chi connectivity index (χ1n) is 5.81. The van der Waals surface area contributed by atoms with Crippen molar-refractivity contribution >= 4 is 5.91 Å². The molecule has 1 heterocycles. The van der Waals surface area contributed by atoms with Crippen LogP contribution in [-0.4, -0.2) is 28.5 Å². The van der Waals surface area contributed by atoms with Gasteiger partial charge >= 0.3 is 0 Å². The van der Waals surface area contributed by atoms with E-state index in [-0.39, 0.29) is 24.5 Å². The molecular formula is C12H20N4O. The lowest BCUT2D eigenvalue weighted by atomic mass is 10.2. The summed E-state index contributed by atoms with van der Waals surface area (Å²) >= 11 is 0. The quantitative estimate of drug-likeness (QED) is 0.799. The van der Waals surface area contributed by atoms with Crippen molar-refractivity contribution < 1.29 is 4.79 Å². The van der Waals surface area contributed by atoms with Crippen LogP contribution in [0.3, 0.4) is 0 Å². The zero-order valence-electron chi connectivity index (χ0n) is 10.8. The van der Waals surface area contributed by atoms with E-state index < -0.39 is 0 Å². The summed E-state index contributed by atoms with van der Waals surface area (Å²) in [5.41, 5.74) is 1.77. The molecule has 5 nitrogen and oxygen atoms in total. The molecule has 0 spiro atoms. The number of aromatic nitrogens is 2. The third-order valence-corrected chi connectivity index (χ3v) is 2.35. The Bertz CT molecular complexity index is 379. The van der Waals surface area contributed by atoms with E-state index in [1.165, 1.54) is 0 Å². The third-order valence-electron chi connectivity index (χ3n) is 2.35. The lowest BCUT2D eigenvalue weighted by Crippen LogP contribution is -2.38. The van der Waals surface area contributed by atoms with Gasteiger partial charge in [-0.3, -0.25) is 14.8 Å². The van der Waals surface area contributed by atoms with E-state index in [2.05, 4.69) is 20.6 Å². The lowest BCUT2D eigenvalue weighted by Gasteiger charge is -2.15. The van der Waals surface area contributed by atoms with E-state index in [1.807, 2.05) is 27.7 Å². The summed E-state index contributed by atoms with van der Waals surface area (Å²) < 4.78 is 0. The first-order valence-corrected chi connectivity index (χ1v) is 5.81. The average Bonchev–Trinajstić information content (AvgIpc) is 2.25. The summed E-state index contributed by atoms with van der Waals surface area (Å²) in [6.07, 6.45) is 3.33. The molecule has 94 valence electrons. The SMILES string of the molecule is Cc1nccnc1C(C)NCC(=O)NC(C)C. The minimum absolute atomic E-state index is 0.00612. The van der Waals surface area contributed by atoms with Gasteiger partial charge in [0.2, 0.25) is 5.91 Å². The van der Waals surface area contributed by atoms with Crippen molar-refractivity contribution in [1.29, 1.82) is 0 Å². The van der Waals surface area contributed by atoms with Gasteiger partial charge in [0.05, 0.1) is 17.9 Å². The van der Waals surface area contributed by atoms with Gasteiger partial charge in [0.15, 0.2) is 0 Å². The number of hydrogen-bond acceptors (Lipinski definition) is 4. The number of rotatable bonds is 5. The molecule has 1 rings (SSSR count). The number of nitrogens with one attached hydrogen (secondary N) is 2. The summed E-state index contributed by atoms with van der Waals surface area (Å²) in [5.74, 6) is -0.00612. The van der Waals surface area contributed by atoms with Crippen molar-refractivity contribution in [3.8, 4) is 0 Å². The minimum Gasteiger partial charge on any atom is -0.353 e. The van der Waals surface area contributed by atoms with Crippen LogP contribution >= 0.6 is 0 Å². The van der Waals surface area contributed by atoms with Gasteiger partial charge in [-0.25, -0.2) is 0 Å². The second kappa shape index (κ2) is 6.30. The highest BCUT2D eigenvalue weighted by Crippen LogP contribution is 2.10. The Hall–Kier alpha value is -1.49. The van der Waals surface area contributed by atoms with Crippen LogP contribution in [0, 0.1) is 6.92 Å². The molecule has 1 atom stereocenters.